The minimum absolute atomic E-state index is 0.265. The van der Waals surface area contributed by atoms with Crippen molar-refractivity contribution in [2.75, 3.05) is 18.1 Å². The van der Waals surface area contributed by atoms with Crippen LogP contribution < -0.4 is 4.90 Å². The van der Waals surface area contributed by atoms with Crippen LogP contribution in [-0.4, -0.2) is 24.3 Å². The number of aliphatic hydroxyl groups excluding tert-OH is 1. The molecule has 1 aromatic rings. The summed E-state index contributed by atoms with van der Waals surface area (Å²) < 4.78 is 0. The summed E-state index contributed by atoms with van der Waals surface area (Å²) in [4.78, 5) is 2.39. The Morgan fingerprint density at radius 2 is 2.31 bits per heavy atom. The van der Waals surface area contributed by atoms with Gasteiger partial charge in [-0.1, -0.05) is 17.7 Å². The highest BCUT2D eigenvalue weighted by molar-refractivity contribution is 6.31. The van der Waals surface area contributed by atoms with Gasteiger partial charge in [-0.15, -0.1) is 0 Å². The van der Waals surface area contributed by atoms with E-state index in [2.05, 4.69) is 17.9 Å². The van der Waals surface area contributed by atoms with Crippen molar-refractivity contribution in [2.24, 2.45) is 0 Å². The second-order valence-electron chi connectivity index (χ2n) is 4.39. The van der Waals surface area contributed by atoms with Crippen LogP contribution >= 0.6 is 11.6 Å². The predicted molar refractivity (Wildman–Crippen MR) is 68.3 cm³/mol. The summed E-state index contributed by atoms with van der Waals surface area (Å²) in [6.45, 7) is 3.40. The molecule has 1 unspecified atom stereocenters. The molecule has 1 heterocycles. The second-order valence-corrected chi connectivity index (χ2v) is 4.79. The fourth-order valence-electron chi connectivity index (χ4n) is 2.51. The molecule has 2 rings (SSSR count). The Kier molecular flexibility index (Phi) is 3.72. The molecule has 1 N–H and O–H groups in total. The van der Waals surface area contributed by atoms with Gasteiger partial charge in [-0.2, -0.15) is 0 Å². The summed E-state index contributed by atoms with van der Waals surface area (Å²) in [7, 11) is 0. The fraction of sp³-hybridized carbons (Fsp3) is 0.538. The van der Waals surface area contributed by atoms with E-state index in [4.69, 9.17) is 16.7 Å². The zero-order chi connectivity index (χ0) is 11.5. The zero-order valence-corrected chi connectivity index (χ0v) is 10.4. The third-order valence-corrected chi connectivity index (χ3v) is 3.80. The van der Waals surface area contributed by atoms with Crippen LogP contribution in [0.15, 0.2) is 18.2 Å². The Morgan fingerprint density at radius 1 is 1.50 bits per heavy atom. The van der Waals surface area contributed by atoms with Crippen LogP contribution in [0.1, 0.15) is 24.8 Å². The first kappa shape index (κ1) is 11.7. The normalized spacial score (nSPS) is 20.4. The van der Waals surface area contributed by atoms with E-state index in [9.17, 15) is 0 Å². The van der Waals surface area contributed by atoms with E-state index in [1.54, 1.807) is 0 Å². The molecule has 0 aliphatic carbocycles. The molecule has 1 aliphatic rings. The van der Waals surface area contributed by atoms with Gasteiger partial charge in [0.15, 0.2) is 0 Å². The van der Waals surface area contributed by atoms with Gasteiger partial charge in [-0.3, -0.25) is 0 Å². The summed E-state index contributed by atoms with van der Waals surface area (Å²) >= 11 is 6.14. The van der Waals surface area contributed by atoms with Crippen LogP contribution in [0.4, 0.5) is 5.69 Å². The Morgan fingerprint density at radius 3 is 3.06 bits per heavy atom. The second kappa shape index (κ2) is 5.07. The summed E-state index contributed by atoms with van der Waals surface area (Å²) in [5, 5.41) is 9.89. The van der Waals surface area contributed by atoms with E-state index in [0.29, 0.717) is 6.04 Å². The highest BCUT2D eigenvalue weighted by atomic mass is 35.5. The predicted octanol–water partition coefficient (Wildman–Crippen LogP) is 3.00. The van der Waals surface area contributed by atoms with Crippen LogP contribution in [-0.2, 0) is 0 Å². The molecule has 2 nitrogen and oxygen atoms in total. The van der Waals surface area contributed by atoms with E-state index in [1.165, 1.54) is 18.5 Å². The lowest BCUT2D eigenvalue weighted by Gasteiger charge is -2.28. The Bertz CT molecular complexity index is 367. The summed E-state index contributed by atoms with van der Waals surface area (Å²) in [5.41, 5.74) is 2.37. The van der Waals surface area contributed by atoms with Crippen molar-refractivity contribution in [3.8, 4) is 0 Å². The van der Waals surface area contributed by atoms with E-state index in [0.717, 1.165) is 23.6 Å². The Hall–Kier alpha value is -0.730. The van der Waals surface area contributed by atoms with Crippen LogP contribution in [0.25, 0.3) is 0 Å². The zero-order valence-electron chi connectivity index (χ0n) is 9.62. The van der Waals surface area contributed by atoms with E-state index in [1.807, 2.05) is 12.1 Å². The van der Waals surface area contributed by atoms with Gasteiger partial charge in [0, 0.05) is 29.9 Å². The smallest absolute Gasteiger partial charge is 0.0455 e. The van der Waals surface area contributed by atoms with Gasteiger partial charge in [-0.25, -0.2) is 0 Å². The maximum Gasteiger partial charge on any atom is 0.0455 e. The van der Waals surface area contributed by atoms with Crippen LogP contribution in [0.2, 0.25) is 5.02 Å². The molecule has 0 aromatic heterocycles. The molecular weight excluding hydrogens is 222 g/mol. The average molecular weight is 240 g/mol. The lowest BCUT2D eigenvalue weighted by atomic mass is 10.1. The van der Waals surface area contributed by atoms with Crippen molar-refractivity contribution in [3.05, 3.63) is 28.8 Å². The number of rotatable bonds is 3. The van der Waals surface area contributed by atoms with E-state index in [-0.39, 0.29) is 6.61 Å². The average Bonchev–Trinajstić information content (AvgIpc) is 2.71. The number of nitrogens with zero attached hydrogens (tertiary/aromatic N) is 1. The third-order valence-electron chi connectivity index (χ3n) is 3.39. The highest BCUT2D eigenvalue weighted by Gasteiger charge is 2.25. The molecule has 16 heavy (non-hydrogen) atoms. The number of halogens is 1. The maximum atomic E-state index is 9.06. The van der Waals surface area contributed by atoms with Crippen molar-refractivity contribution in [1.82, 2.24) is 0 Å². The molecule has 1 saturated heterocycles. The van der Waals surface area contributed by atoms with Crippen LogP contribution in [0.5, 0.6) is 0 Å². The van der Waals surface area contributed by atoms with Gasteiger partial charge in [0.05, 0.1) is 0 Å². The van der Waals surface area contributed by atoms with Crippen molar-refractivity contribution >= 4 is 17.3 Å². The van der Waals surface area contributed by atoms with Gasteiger partial charge in [0.1, 0.15) is 0 Å². The standard InChI is InChI=1S/C13H18ClNO/c1-10-12(14)5-2-6-13(10)15-8-3-4-11(15)7-9-16/h2,5-6,11,16H,3-4,7-9H2,1H3. The lowest BCUT2D eigenvalue weighted by Crippen LogP contribution is -2.30. The summed E-state index contributed by atoms with van der Waals surface area (Å²) in [6.07, 6.45) is 3.23. The molecule has 1 fully saturated rings. The van der Waals surface area contributed by atoms with Crippen LogP contribution in [0, 0.1) is 6.92 Å². The van der Waals surface area contributed by atoms with Gasteiger partial charge >= 0.3 is 0 Å². The molecule has 3 heteroatoms. The topological polar surface area (TPSA) is 23.5 Å². The maximum absolute atomic E-state index is 9.06. The van der Waals surface area contributed by atoms with Gasteiger partial charge < -0.3 is 10.0 Å². The summed E-state index contributed by atoms with van der Waals surface area (Å²) in [5.74, 6) is 0. The third kappa shape index (κ3) is 2.18. The number of benzene rings is 1. The Balaban J connectivity index is 2.25. The molecule has 1 aromatic carbocycles. The first-order chi connectivity index (χ1) is 7.74. The molecule has 0 radical (unpaired) electrons. The van der Waals surface area contributed by atoms with E-state index < -0.39 is 0 Å². The molecule has 0 saturated carbocycles. The number of hydrogen-bond acceptors (Lipinski definition) is 2. The van der Waals surface area contributed by atoms with Crippen molar-refractivity contribution < 1.29 is 5.11 Å². The first-order valence-electron chi connectivity index (χ1n) is 5.86. The molecule has 1 aliphatic heterocycles. The lowest BCUT2D eigenvalue weighted by molar-refractivity contribution is 0.276. The molecule has 0 spiro atoms. The Labute approximate surface area is 102 Å². The number of aliphatic hydroxyl groups is 1. The largest absolute Gasteiger partial charge is 0.396 e. The molecule has 88 valence electrons. The van der Waals surface area contributed by atoms with Crippen LogP contribution in [0.3, 0.4) is 0 Å². The summed E-state index contributed by atoms with van der Waals surface area (Å²) in [6, 6.07) is 6.52. The van der Waals surface area contributed by atoms with E-state index >= 15 is 0 Å². The molecular formula is C13H18ClNO. The highest BCUT2D eigenvalue weighted by Crippen LogP contribution is 2.32. The minimum atomic E-state index is 0.265. The van der Waals surface area contributed by atoms with Gasteiger partial charge in [0.2, 0.25) is 0 Å². The molecule has 0 amide bonds. The SMILES string of the molecule is Cc1c(Cl)cccc1N1CCCC1CCO. The van der Waals surface area contributed by atoms with Gasteiger partial charge in [-0.05, 0) is 43.9 Å². The molecule has 1 atom stereocenters. The monoisotopic (exact) mass is 239 g/mol. The molecule has 0 bridgehead atoms. The van der Waals surface area contributed by atoms with Crippen molar-refractivity contribution in [2.45, 2.75) is 32.2 Å². The number of anilines is 1. The number of hydrogen-bond donors (Lipinski definition) is 1. The van der Waals surface area contributed by atoms with Gasteiger partial charge in [0.25, 0.3) is 0 Å². The quantitative estimate of drug-likeness (QED) is 0.877. The first-order valence-corrected chi connectivity index (χ1v) is 6.24. The fourth-order valence-corrected chi connectivity index (χ4v) is 2.68. The van der Waals surface area contributed by atoms with Crippen molar-refractivity contribution in [1.29, 1.82) is 0 Å². The van der Waals surface area contributed by atoms with Crippen molar-refractivity contribution in [3.63, 3.8) is 0 Å². The minimum Gasteiger partial charge on any atom is -0.396 e.